The molecule has 10 heteroatoms. The summed E-state index contributed by atoms with van der Waals surface area (Å²) in [5.41, 5.74) is 0. The minimum absolute atomic E-state index is 0. The van der Waals surface area contributed by atoms with Crippen molar-refractivity contribution < 1.29 is 47.9 Å². The van der Waals surface area contributed by atoms with Gasteiger partial charge in [-0.05, 0) is 17.4 Å². The van der Waals surface area contributed by atoms with Gasteiger partial charge in [-0.15, -0.1) is 0 Å². The van der Waals surface area contributed by atoms with Gasteiger partial charge in [0.2, 0.25) is 0 Å². The summed E-state index contributed by atoms with van der Waals surface area (Å²) in [7, 11) is -5.00. The molecule has 0 saturated heterocycles. The van der Waals surface area contributed by atoms with Gasteiger partial charge >= 0.3 is 19.5 Å². The van der Waals surface area contributed by atoms with Crippen molar-refractivity contribution in [1.29, 1.82) is 0 Å². The SMILES string of the molecule is O=[PH2]O.O=[PH2][O-].O=[PH2][O-].[Zn+2]. The predicted octanol–water partition coefficient (Wildman–Crippen LogP) is -2.32. The molecular weight excluding hydrogens is 254 g/mol. The Hall–Kier alpha value is 1.19. The van der Waals surface area contributed by atoms with Crippen LogP contribution in [0.15, 0.2) is 0 Å². The van der Waals surface area contributed by atoms with Gasteiger partial charge in [-0.1, -0.05) is 0 Å². The van der Waals surface area contributed by atoms with Crippen molar-refractivity contribution in [3.63, 3.8) is 0 Å². The van der Waals surface area contributed by atoms with Crippen molar-refractivity contribution in [2.75, 3.05) is 0 Å². The standard InChI is InChI=1S/3H3O2P.Zn/c3*1-3-2;/h3*3H2,(H,1,2);/q;;;+2/p-2. The zero-order chi connectivity index (χ0) is 8.12. The normalized spacial score (nSPS) is 8.70. The summed E-state index contributed by atoms with van der Waals surface area (Å²) in [6, 6.07) is 0. The average Bonchev–Trinajstić information content (AvgIpc) is 1.70. The number of hydrogen-bond donors (Lipinski definition) is 1. The summed E-state index contributed by atoms with van der Waals surface area (Å²) in [5.74, 6) is 0. The molecule has 0 aromatic carbocycles. The Morgan fingerprint density at radius 1 is 1.00 bits per heavy atom. The van der Waals surface area contributed by atoms with Crippen LogP contribution in [0.3, 0.4) is 0 Å². The molecule has 60 valence electrons. The van der Waals surface area contributed by atoms with Crippen molar-refractivity contribution in [3.8, 4) is 0 Å². The first-order valence-electron chi connectivity index (χ1n) is 1.44. The molecule has 0 aromatic rings. The molecule has 1 N–H and O–H groups in total. The Kier molecular flexibility index (Phi) is 110. The van der Waals surface area contributed by atoms with Crippen LogP contribution in [-0.4, -0.2) is 4.89 Å². The largest absolute Gasteiger partial charge is 2.00 e. The topological polar surface area (TPSA) is 118 Å². The summed E-state index contributed by atoms with van der Waals surface area (Å²) in [6.07, 6.45) is 0. The minimum Gasteiger partial charge on any atom is -0.804 e. The van der Waals surface area contributed by atoms with E-state index in [0.717, 1.165) is 0 Å². The smallest absolute Gasteiger partial charge is 0.804 e. The quantitative estimate of drug-likeness (QED) is 0.386. The van der Waals surface area contributed by atoms with Crippen molar-refractivity contribution in [2.24, 2.45) is 0 Å². The summed E-state index contributed by atoms with van der Waals surface area (Å²) in [4.78, 5) is 24.0. The van der Waals surface area contributed by atoms with Gasteiger partial charge in [-0.25, -0.2) is 0 Å². The van der Waals surface area contributed by atoms with Gasteiger partial charge in [0.1, 0.15) is 0 Å². The van der Waals surface area contributed by atoms with E-state index in [2.05, 4.69) is 0 Å². The summed E-state index contributed by atoms with van der Waals surface area (Å²) in [6.45, 7) is 0. The summed E-state index contributed by atoms with van der Waals surface area (Å²) >= 11 is 0. The maximum Gasteiger partial charge on any atom is 2.00 e. The fourth-order valence-electron chi connectivity index (χ4n) is 0. The molecule has 0 aliphatic carbocycles. The second-order valence-electron chi connectivity index (χ2n) is 0.298. The average molecular weight is 261 g/mol. The van der Waals surface area contributed by atoms with Crippen LogP contribution in [0.4, 0.5) is 0 Å². The van der Waals surface area contributed by atoms with E-state index in [9.17, 15) is 0 Å². The summed E-state index contributed by atoms with van der Waals surface area (Å²) in [5, 5.41) is 0. The molecular formula is H7O6P3Zn. The molecule has 0 rings (SSSR count). The molecule has 0 spiro atoms. The molecule has 3 atom stereocenters. The third-order valence-electron chi connectivity index (χ3n) is 0. The number of hydrogen-bond acceptors (Lipinski definition) is 5. The maximum absolute atomic E-state index is 8.57. The van der Waals surface area contributed by atoms with Gasteiger partial charge in [-0.3, -0.25) is 4.57 Å². The van der Waals surface area contributed by atoms with E-state index in [1.165, 1.54) is 0 Å². The van der Waals surface area contributed by atoms with Crippen LogP contribution in [0.2, 0.25) is 0 Å². The molecule has 6 nitrogen and oxygen atoms in total. The predicted molar refractivity (Wildman–Crippen MR) is 33.4 cm³/mol. The molecule has 0 aliphatic rings. The Morgan fingerprint density at radius 3 is 1.00 bits per heavy atom. The minimum atomic E-state index is -1.75. The van der Waals surface area contributed by atoms with Crippen LogP contribution in [0.5, 0.6) is 0 Å². The maximum atomic E-state index is 8.57. The van der Waals surface area contributed by atoms with E-state index >= 15 is 0 Å². The molecule has 0 fully saturated rings. The Bertz CT molecular complexity index is 49.7. The Labute approximate surface area is 74.3 Å². The zero-order valence-corrected chi connectivity index (χ0v) is 11.4. The van der Waals surface area contributed by atoms with E-state index < -0.39 is 26.1 Å². The molecule has 3 unspecified atom stereocenters. The third-order valence-corrected chi connectivity index (χ3v) is 0. The van der Waals surface area contributed by atoms with E-state index in [4.69, 9.17) is 28.4 Å². The van der Waals surface area contributed by atoms with Crippen LogP contribution in [0.25, 0.3) is 0 Å². The summed E-state index contributed by atoms with van der Waals surface area (Å²) < 4.78 is 25.5. The molecule has 0 radical (unpaired) electrons. The van der Waals surface area contributed by atoms with E-state index in [1.54, 1.807) is 0 Å². The van der Waals surface area contributed by atoms with Gasteiger partial charge in [0.15, 0.2) is 8.69 Å². The van der Waals surface area contributed by atoms with Crippen LogP contribution < -0.4 is 9.79 Å². The van der Waals surface area contributed by atoms with Crippen LogP contribution >= 0.6 is 26.1 Å². The zero-order valence-electron chi connectivity index (χ0n) is 4.93. The molecule has 0 amide bonds. The van der Waals surface area contributed by atoms with E-state index in [1.807, 2.05) is 0 Å². The Morgan fingerprint density at radius 2 is 1.00 bits per heavy atom. The first-order chi connectivity index (χ1) is 4.24. The van der Waals surface area contributed by atoms with Crippen molar-refractivity contribution in [3.05, 3.63) is 0 Å². The molecule has 0 aromatic heterocycles. The molecule has 0 heterocycles. The van der Waals surface area contributed by atoms with Crippen molar-refractivity contribution in [1.82, 2.24) is 0 Å². The van der Waals surface area contributed by atoms with E-state index in [0.29, 0.717) is 0 Å². The first kappa shape index (κ1) is 22.5. The van der Waals surface area contributed by atoms with Crippen LogP contribution in [0, 0.1) is 0 Å². The fourth-order valence-corrected chi connectivity index (χ4v) is 0. The van der Waals surface area contributed by atoms with Gasteiger partial charge in [0, 0.05) is 0 Å². The molecule has 0 aliphatic heterocycles. The fraction of sp³-hybridized carbons (Fsp3) is 0. The second-order valence-corrected chi connectivity index (χ2v) is 0.894. The van der Waals surface area contributed by atoms with Crippen LogP contribution in [0.1, 0.15) is 0 Å². The molecule has 0 saturated carbocycles. The van der Waals surface area contributed by atoms with Gasteiger partial charge in [0.05, 0.1) is 0 Å². The Balaban J connectivity index is -0.0000000257. The van der Waals surface area contributed by atoms with Crippen LogP contribution in [-0.2, 0) is 33.2 Å². The van der Waals surface area contributed by atoms with Gasteiger partial charge < -0.3 is 23.8 Å². The van der Waals surface area contributed by atoms with E-state index in [-0.39, 0.29) is 19.5 Å². The molecule has 0 bridgehead atoms. The molecule has 10 heavy (non-hydrogen) atoms. The first-order valence-corrected chi connectivity index (χ1v) is 4.31. The van der Waals surface area contributed by atoms with Crippen molar-refractivity contribution >= 4 is 26.1 Å². The van der Waals surface area contributed by atoms with Gasteiger partial charge in [-0.2, -0.15) is 0 Å². The second kappa shape index (κ2) is 49.0. The third kappa shape index (κ3) is 433. The monoisotopic (exact) mass is 260 g/mol. The number of rotatable bonds is 0. The van der Waals surface area contributed by atoms with Gasteiger partial charge in [0.25, 0.3) is 0 Å². The van der Waals surface area contributed by atoms with Crippen molar-refractivity contribution in [2.45, 2.75) is 0 Å².